The third-order valence-corrected chi connectivity index (χ3v) is 6.97. The molecule has 0 bridgehead atoms. The van der Waals surface area contributed by atoms with E-state index in [0.29, 0.717) is 31.8 Å². The van der Waals surface area contributed by atoms with E-state index in [1.807, 2.05) is 19.1 Å². The summed E-state index contributed by atoms with van der Waals surface area (Å²) in [6, 6.07) is 6.10. The van der Waals surface area contributed by atoms with E-state index in [-0.39, 0.29) is 18.2 Å². The van der Waals surface area contributed by atoms with Crippen molar-refractivity contribution in [3.05, 3.63) is 34.3 Å². The van der Waals surface area contributed by atoms with Gasteiger partial charge in [-0.1, -0.05) is 23.7 Å². The first kappa shape index (κ1) is 21.0. The molecule has 6 nitrogen and oxygen atoms in total. The first-order valence-electron chi connectivity index (χ1n) is 10.6. The van der Waals surface area contributed by atoms with Gasteiger partial charge in [0.2, 0.25) is 0 Å². The molecule has 0 aromatic heterocycles. The van der Waals surface area contributed by atoms with Crippen LogP contribution < -0.4 is 21.7 Å². The maximum atomic E-state index is 14.0. The largest absolute Gasteiger partial charge is 0.353 e. The number of hydrogen-bond donors (Lipinski definition) is 4. The number of carbonyl (C=O) groups excluding carboxylic acids is 1. The number of benzene rings is 1. The number of nitrogens with two attached hydrogens (primary N) is 1. The number of likely N-dealkylation sites (tertiary alicyclic amines) is 1. The third kappa shape index (κ3) is 4.59. The van der Waals surface area contributed by atoms with Crippen molar-refractivity contribution >= 4 is 17.5 Å². The summed E-state index contributed by atoms with van der Waals surface area (Å²) in [5.41, 5.74) is 6.39. The Labute approximate surface area is 176 Å². The van der Waals surface area contributed by atoms with Crippen LogP contribution >= 0.6 is 11.6 Å². The standard InChI is InChI=1S/C21H31ClFN5O/c1-13-2-3-15(8-17(13)22)18-25-10-16(11-26-20(29)21(23)5-6-21)19(27-18)28-7-4-14(9-24)12-28/h2-3,8,14,16,18-19,25,27H,4-7,9-12,24H2,1H3,(H,26,29). The van der Waals surface area contributed by atoms with Gasteiger partial charge in [0.05, 0.1) is 12.3 Å². The van der Waals surface area contributed by atoms with Crippen LogP contribution in [0.2, 0.25) is 5.02 Å². The van der Waals surface area contributed by atoms with Crippen molar-refractivity contribution in [2.24, 2.45) is 17.6 Å². The number of hydrogen-bond acceptors (Lipinski definition) is 5. The summed E-state index contributed by atoms with van der Waals surface area (Å²) >= 11 is 6.33. The summed E-state index contributed by atoms with van der Waals surface area (Å²) in [4.78, 5) is 14.5. The molecule has 1 aromatic rings. The van der Waals surface area contributed by atoms with Crippen LogP contribution in [-0.4, -0.2) is 55.4 Å². The van der Waals surface area contributed by atoms with Crippen LogP contribution in [0.3, 0.4) is 0 Å². The summed E-state index contributed by atoms with van der Waals surface area (Å²) in [6.07, 6.45) is 1.80. The minimum Gasteiger partial charge on any atom is -0.353 e. The van der Waals surface area contributed by atoms with Crippen molar-refractivity contribution in [3.8, 4) is 0 Å². The molecule has 1 amide bonds. The molecule has 4 atom stereocenters. The van der Waals surface area contributed by atoms with Crippen molar-refractivity contribution in [1.82, 2.24) is 20.9 Å². The van der Waals surface area contributed by atoms with Gasteiger partial charge in [0.1, 0.15) is 0 Å². The number of aryl methyl sites for hydroxylation is 1. The zero-order chi connectivity index (χ0) is 20.6. The number of carbonyl (C=O) groups is 1. The highest BCUT2D eigenvalue weighted by molar-refractivity contribution is 6.31. The molecule has 3 fully saturated rings. The smallest absolute Gasteiger partial charge is 0.257 e. The Kier molecular flexibility index (Phi) is 6.14. The summed E-state index contributed by atoms with van der Waals surface area (Å²) < 4.78 is 14.0. The average Bonchev–Trinajstić information content (AvgIpc) is 3.30. The molecular weight excluding hydrogens is 393 g/mol. The molecule has 0 radical (unpaired) electrons. The van der Waals surface area contributed by atoms with Gasteiger partial charge in [-0.3, -0.25) is 20.3 Å². The van der Waals surface area contributed by atoms with E-state index in [0.717, 1.165) is 42.2 Å². The van der Waals surface area contributed by atoms with E-state index in [4.69, 9.17) is 17.3 Å². The van der Waals surface area contributed by atoms with Crippen molar-refractivity contribution < 1.29 is 9.18 Å². The zero-order valence-corrected chi connectivity index (χ0v) is 17.6. The Balaban J connectivity index is 1.46. The van der Waals surface area contributed by atoms with Crippen molar-refractivity contribution in [3.63, 3.8) is 0 Å². The van der Waals surface area contributed by atoms with Crippen LogP contribution in [0.4, 0.5) is 4.39 Å². The molecule has 2 heterocycles. The normalized spacial score (nSPS) is 31.6. The maximum absolute atomic E-state index is 14.0. The molecule has 8 heteroatoms. The molecule has 4 rings (SSSR count). The molecule has 1 saturated carbocycles. The summed E-state index contributed by atoms with van der Waals surface area (Å²) in [5, 5.41) is 10.8. The highest BCUT2D eigenvalue weighted by atomic mass is 35.5. The van der Waals surface area contributed by atoms with Gasteiger partial charge in [0.25, 0.3) is 5.91 Å². The number of nitrogens with one attached hydrogen (secondary N) is 3. The minimum absolute atomic E-state index is 0.0297. The Morgan fingerprint density at radius 2 is 2.24 bits per heavy atom. The summed E-state index contributed by atoms with van der Waals surface area (Å²) in [6.45, 7) is 5.75. The van der Waals surface area contributed by atoms with Gasteiger partial charge in [-0.25, -0.2) is 4.39 Å². The van der Waals surface area contributed by atoms with Crippen LogP contribution in [-0.2, 0) is 4.79 Å². The summed E-state index contributed by atoms with van der Waals surface area (Å²) in [7, 11) is 0. The lowest BCUT2D eigenvalue weighted by Crippen LogP contribution is -2.62. The molecule has 160 valence electrons. The predicted octanol–water partition coefficient (Wildman–Crippen LogP) is 1.68. The van der Waals surface area contributed by atoms with E-state index >= 15 is 0 Å². The first-order valence-corrected chi connectivity index (χ1v) is 10.9. The maximum Gasteiger partial charge on any atom is 0.257 e. The number of rotatable bonds is 6. The molecule has 0 spiro atoms. The van der Waals surface area contributed by atoms with Gasteiger partial charge in [-0.05, 0) is 55.8 Å². The van der Waals surface area contributed by atoms with E-state index < -0.39 is 11.6 Å². The Morgan fingerprint density at radius 3 is 2.90 bits per heavy atom. The molecule has 1 aliphatic carbocycles. The van der Waals surface area contributed by atoms with Crippen molar-refractivity contribution in [1.29, 1.82) is 0 Å². The van der Waals surface area contributed by atoms with Crippen LogP contribution in [0.5, 0.6) is 0 Å². The number of alkyl halides is 1. The van der Waals surface area contributed by atoms with Gasteiger partial charge >= 0.3 is 0 Å². The fourth-order valence-electron chi connectivity index (χ4n) is 4.36. The SMILES string of the molecule is Cc1ccc(C2NCC(CNC(=O)C3(F)CC3)C(N3CCC(CN)C3)N2)cc1Cl. The fourth-order valence-corrected chi connectivity index (χ4v) is 4.55. The van der Waals surface area contributed by atoms with Gasteiger partial charge in [-0.15, -0.1) is 0 Å². The Morgan fingerprint density at radius 1 is 1.45 bits per heavy atom. The third-order valence-electron chi connectivity index (χ3n) is 6.56. The van der Waals surface area contributed by atoms with E-state index in [2.05, 4.69) is 26.9 Å². The van der Waals surface area contributed by atoms with Crippen LogP contribution in [0, 0.1) is 18.8 Å². The molecule has 29 heavy (non-hydrogen) atoms. The average molecular weight is 424 g/mol. The second-order valence-corrected chi connectivity index (χ2v) is 9.19. The molecule has 3 aliphatic rings. The number of amides is 1. The van der Waals surface area contributed by atoms with Crippen LogP contribution in [0.15, 0.2) is 18.2 Å². The van der Waals surface area contributed by atoms with Crippen LogP contribution in [0.1, 0.15) is 36.6 Å². The van der Waals surface area contributed by atoms with Crippen molar-refractivity contribution in [2.75, 3.05) is 32.7 Å². The fraction of sp³-hybridized carbons (Fsp3) is 0.667. The lowest BCUT2D eigenvalue weighted by molar-refractivity contribution is -0.127. The van der Waals surface area contributed by atoms with E-state index in [1.54, 1.807) is 0 Å². The molecule has 2 aliphatic heterocycles. The predicted molar refractivity (Wildman–Crippen MR) is 112 cm³/mol. The minimum atomic E-state index is -1.63. The second kappa shape index (κ2) is 8.47. The number of halogens is 2. The number of nitrogens with zero attached hydrogens (tertiary/aromatic N) is 1. The second-order valence-electron chi connectivity index (χ2n) is 8.78. The van der Waals surface area contributed by atoms with Crippen molar-refractivity contribution in [2.45, 2.75) is 44.2 Å². The van der Waals surface area contributed by atoms with E-state index in [1.165, 1.54) is 0 Å². The van der Waals surface area contributed by atoms with Gasteiger partial charge in [0, 0.05) is 37.1 Å². The topological polar surface area (TPSA) is 82.4 Å². The van der Waals surface area contributed by atoms with E-state index in [9.17, 15) is 9.18 Å². The van der Waals surface area contributed by atoms with Crippen LogP contribution in [0.25, 0.3) is 0 Å². The highest BCUT2D eigenvalue weighted by Crippen LogP contribution is 2.39. The van der Waals surface area contributed by atoms with Gasteiger partial charge in [-0.2, -0.15) is 0 Å². The molecule has 1 aromatic carbocycles. The van der Waals surface area contributed by atoms with Gasteiger partial charge in [0.15, 0.2) is 5.67 Å². The molecular formula is C21H31ClFN5O. The lowest BCUT2D eigenvalue weighted by atomic mass is 9.98. The molecule has 5 N–H and O–H groups in total. The lowest BCUT2D eigenvalue weighted by Gasteiger charge is -2.43. The zero-order valence-electron chi connectivity index (χ0n) is 16.9. The van der Waals surface area contributed by atoms with Gasteiger partial charge < -0.3 is 11.1 Å². The quantitative estimate of drug-likeness (QED) is 0.559. The molecule has 2 saturated heterocycles. The first-order chi connectivity index (χ1) is 13.9. The summed E-state index contributed by atoms with van der Waals surface area (Å²) in [5.74, 6) is 0.162. The Bertz CT molecular complexity index is 759. The monoisotopic (exact) mass is 423 g/mol. The molecule has 4 unspecified atom stereocenters. The Hall–Kier alpha value is -1.25. The highest BCUT2D eigenvalue weighted by Gasteiger charge is 2.51.